The summed E-state index contributed by atoms with van der Waals surface area (Å²) >= 11 is 0. The molecule has 2 nitrogen and oxygen atoms in total. The molecule has 0 amide bonds. The second-order valence-corrected chi connectivity index (χ2v) is 4.81. The third-order valence-corrected chi connectivity index (χ3v) is 3.40. The summed E-state index contributed by atoms with van der Waals surface area (Å²) in [6.07, 6.45) is -4.02. The number of piperidine rings is 1. The van der Waals surface area contributed by atoms with Crippen LogP contribution in [-0.2, 0) is 0 Å². The summed E-state index contributed by atoms with van der Waals surface area (Å²) in [6, 6.07) is 3.71. The first-order valence-corrected chi connectivity index (χ1v) is 6.13. The Hall–Kier alpha value is -1.30. The van der Waals surface area contributed by atoms with Crippen LogP contribution in [0.3, 0.4) is 0 Å². The van der Waals surface area contributed by atoms with Gasteiger partial charge in [-0.3, -0.25) is 0 Å². The zero-order chi connectivity index (χ0) is 14.0. The van der Waals surface area contributed by atoms with Crippen molar-refractivity contribution in [3.8, 4) is 5.75 Å². The minimum absolute atomic E-state index is 0.163. The highest BCUT2D eigenvalue weighted by molar-refractivity contribution is 5.32. The number of rotatable bonds is 2. The smallest absolute Gasteiger partial charge is 0.403 e. The second-order valence-electron chi connectivity index (χ2n) is 4.81. The number of nitrogens with one attached hydrogen (secondary N) is 1. The molecule has 19 heavy (non-hydrogen) atoms. The molecule has 1 aliphatic heterocycles. The molecule has 0 bridgehead atoms. The molecule has 2 rings (SSSR count). The van der Waals surface area contributed by atoms with Gasteiger partial charge in [0.15, 0.2) is 11.6 Å². The van der Waals surface area contributed by atoms with Gasteiger partial charge in [0.2, 0.25) is 0 Å². The lowest BCUT2D eigenvalue weighted by Gasteiger charge is -2.30. The van der Waals surface area contributed by atoms with Crippen LogP contribution >= 0.6 is 0 Å². The third kappa shape index (κ3) is 3.59. The first-order chi connectivity index (χ1) is 8.87. The number of halogens is 4. The van der Waals surface area contributed by atoms with E-state index in [1.54, 1.807) is 0 Å². The predicted molar refractivity (Wildman–Crippen MR) is 62.5 cm³/mol. The molecule has 0 saturated carbocycles. The standard InChI is InChI=1S/C13H15F4NO/c1-8-7-18-5-4-10(8)9-2-3-12(11(14)6-9)19-13(15,16)17/h2-3,6,8,10,18H,4-5,7H2,1H3/t8-,10+/m0/s1. The monoisotopic (exact) mass is 277 g/mol. The number of ether oxygens (including phenoxy) is 1. The predicted octanol–water partition coefficient (Wildman–Crippen LogP) is 3.44. The van der Waals surface area contributed by atoms with E-state index in [-0.39, 0.29) is 5.92 Å². The normalized spacial score (nSPS) is 24.3. The Bertz CT molecular complexity index is 447. The van der Waals surface area contributed by atoms with E-state index in [0.717, 1.165) is 37.2 Å². The van der Waals surface area contributed by atoms with Gasteiger partial charge in [-0.25, -0.2) is 4.39 Å². The number of hydrogen-bond donors (Lipinski definition) is 1. The van der Waals surface area contributed by atoms with Crippen LogP contribution in [0.1, 0.15) is 24.8 Å². The van der Waals surface area contributed by atoms with Crippen LogP contribution in [0.15, 0.2) is 18.2 Å². The summed E-state index contributed by atoms with van der Waals surface area (Å²) in [5, 5.41) is 3.22. The zero-order valence-corrected chi connectivity index (χ0v) is 10.4. The molecule has 0 spiro atoms. The molecule has 106 valence electrons. The maximum Gasteiger partial charge on any atom is 0.573 e. The third-order valence-electron chi connectivity index (χ3n) is 3.40. The summed E-state index contributed by atoms with van der Waals surface area (Å²) in [5.41, 5.74) is 0.723. The molecule has 0 aliphatic carbocycles. The molecule has 1 saturated heterocycles. The highest BCUT2D eigenvalue weighted by Gasteiger charge is 2.32. The van der Waals surface area contributed by atoms with E-state index in [1.165, 1.54) is 6.07 Å². The summed E-state index contributed by atoms with van der Waals surface area (Å²) in [6.45, 7) is 3.69. The summed E-state index contributed by atoms with van der Waals surface area (Å²) < 4.78 is 53.4. The van der Waals surface area contributed by atoms with Gasteiger partial charge in [-0.05, 0) is 49.0 Å². The Labute approximate surface area is 108 Å². The molecule has 1 aromatic rings. The first-order valence-electron chi connectivity index (χ1n) is 6.13. The van der Waals surface area contributed by atoms with E-state index in [2.05, 4.69) is 10.1 Å². The summed E-state index contributed by atoms with van der Waals surface area (Å²) in [7, 11) is 0. The van der Waals surface area contributed by atoms with Crippen LogP contribution in [0.2, 0.25) is 0 Å². The van der Waals surface area contributed by atoms with Crippen LogP contribution in [0.5, 0.6) is 5.75 Å². The maximum absolute atomic E-state index is 13.6. The average molecular weight is 277 g/mol. The van der Waals surface area contributed by atoms with Gasteiger partial charge < -0.3 is 10.1 Å². The van der Waals surface area contributed by atoms with Crippen LogP contribution in [0, 0.1) is 11.7 Å². The summed E-state index contributed by atoms with van der Waals surface area (Å²) in [5.74, 6) is -1.27. The lowest BCUT2D eigenvalue weighted by atomic mass is 9.82. The fourth-order valence-electron chi connectivity index (χ4n) is 2.46. The minimum atomic E-state index is -4.87. The molecule has 1 aromatic carbocycles. The van der Waals surface area contributed by atoms with Crippen molar-refractivity contribution in [2.24, 2.45) is 5.92 Å². The van der Waals surface area contributed by atoms with Crippen LogP contribution in [0.25, 0.3) is 0 Å². The minimum Gasteiger partial charge on any atom is -0.403 e. The van der Waals surface area contributed by atoms with E-state index in [9.17, 15) is 17.6 Å². The van der Waals surface area contributed by atoms with E-state index < -0.39 is 17.9 Å². The number of benzene rings is 1. The molecule has 2 atom stereocenters. The molecule has 6 heteroatoms. The largest absolute Gasteiger partial charge is 0.573 e. The van der Waals surface area contributed by atoms with Crippen molar-refractivity contribution in [1.29, 1.82) is 0 Å². The van der Waals surface area contributed by atoms with Crippen molar-refractivity contribution in [2.45, 2.75) is 25.6 Å². The lowest BCUT2D eigenvalue weighted by molar-refractivity contribution is -0.275. The molecule has 0 unspecified atom stereocenters. The molecule has 1 N–H and O–H groups in total. The van der Waals surface area contributed by atoms with Crippen molar-refractivity contribution in [3.05, 3.63) is 29.6 Å². The lowest BCUT2D eigenvalue weighted by Crippen LogP contribution is -2.33. The Kier molecular flexibility index (Phi) is 3.99. The first kappa shape index (κ1) is 14.1. The van der Waals surface area contributed by atoms with Gasteiger partial charge in [0.25, 0.3) is 0 Å². The fraction of sp³-hybridized carbons (Fsp3) is 0.538. The van der Waals surface area contributed by atoms with Gasteiger partial charge in [0.1, 0.15) is 0 Å². The average Bonchev–Trinajstić information content (AvgIpc) is 2.31. The molecular weight excluding hydrogens is 262 g/mol. The highest BCUT2D eigenvalue weighted by Crippen LogP contribution is 2.33. The Balaban J connectivity index is 2.18. The SMILES string of the molecule is C[C@H]1CNCC[C@H]1c1ccc(OC(F)(F)F)c(F)c1. The second kappa shape index (κ2) is 5.36. The zero-order valence-electron chi connectivity index (χ0n) is 10.4. The van der Waals surface area contributed by atoms with Gasteiger partial charge in [-0.15, -0.1) is 13.2 Å². The van der Waals surface area contributed by atoms with Crippen molar-refractivity contribution in [1.82, 2.24) is 5.32 Å². The summed E-state index contributed by atoms with van der Waals surface area (Å²) in [4.78, 5) is 0. The van der Waals surface area contributed by atoms with Crippen molar-refractivity contribution in [2.75, 3.05) is 13.1 Å². The van der Waals surface area contributed by atoms with E-state index in [0.29, 0.717) is 5.92 Å². The van der Waals surface area contributed by atoms with E-state index in [1.807, 2.05) is 6.92 Å². The van der Waals surface area contributed by atoms with E-state index >= 15 is 0 Å². The van der Waals surface area contributed by atoms with Gasteiger partial charge >= 0.3 is 6.36 Å². The van der Waals surface area contributed by atoms with Crippen molar-refractivity contribution in [3.63, 3.8) is 0 Å². The molecule has 0 aromatic heterocycles. The number of alkyl halides is 3. The van der Waals surface area contributed by atoms with Gasteiger partial charge in [-0.1, -0.05) is 13.0 Å². The van der Waals surface area contributed by atoms with Crippen LogP contribution < -0.4 is 10.1 Å². The quantitative estimate of drug-likeness (QED) is 0.836. The van der Waals surface area contributed by atoms with Gasteiger partial charge in [0.05, 0.1) is 0 Å². The highest BCUT2D eigenvalue weighted by atomic mass is 19.4. The fourth-order valence-corrected chi connectivity index (χ4v) is 2.46. The number of hydrogen-bond acceptors (Lipinski definition) is 2. The Morgan fingerprint density at radius 1 is 1.32 bits per heavy atom. The maximum atomic E-state index is 13.6. The van der Waals surface area contributed by atoms with Crippen LogP contribution in [-0.4, -0.2) is 19.5 Å². The molecular formula is C13H15F4NO. The van der Waals surface area contributed by atoms with E-state index in [4.69, 9.17) is 0 Å². The van der Waals surface area contributed by atoms with Gasteiger partial charge in [0, 0.05) is 0 Å². The molecule has 1 heterocycles. The Morgan fingerprint density at radius 3 is 2.63 bits per heavy atom. The molecule has 0 radical (unpaired) electrons. The topological polar surface area (TPSA) is 21.3 Å². The van der Waals surface area contributed by atoms with Crippen molar-refractivity contribution < 1.29 is 22.3 Å². The Morgan fingerprint density at radius 2 is 2.05 bits per heavy atom. The molecule has 1 aliphatic rings. The van der Waals surface area contributed by atoms with Gasteiger partial charge in [-0.2, -0.15) is 0 Å². The molecule has 1 fully saturated rings. The van der Waals surface area contributed by atoms with Crippen LogP contribution in [0.4, 0.5) is 17.6 Å². The van der Waals surface area contributed by atoms with Crippen molar-refractivity contribution >= 4 is 0 Å².